The van der Waals surface area contributed by atoms with E-state index in [2.05, 4.69) is 10.6 Å². The molecule has 0 saturated heterocycles. The molecule has 0 bridgehead atoms. The van der Waals surface area contributed by atoms with Crippen molar-refractivity contribution in [3.63, 3.8) is 0 Å². The fourth-order valence-electron chi connectivity index (χ4n) is 2.14. The van der Waals surface area contributed by atoms with Crippen molar-refractivity contribution in [1.29, 1.82) is 0 Å². The first kappa shape index (κ1) is 16.6. The number of anilines is 1. The molecule has 118 valence electrons. The van der Waals surface area contributed by atoms with E-state index in [-0.39, 0.29) is 16.6 Å². The predicted molar refractivity (Wildman–Crippen MR) is 93.0 cm³/mol. The van der Waals surface area contributed by atoms with E-state index in [0.29, 0.717) is 11.3 Å². The molecule has 0 saturated carbocycles. The van der Waals surface area contributed by atoms with Gasteiger partial charge in [0.1, 0.15) is 0 Å². The zero-order valence-corrected chi connectivity index (χ0v) is 13.5. The highest BCUT2D eigenvalue weighted by Crippen LogP contribution is 2.11. The first-order valence-corrected chi connectivity index (χ1v) is 7.30. The standard InChI is InChI=1S/C17H16N2O3S/c1-10-7-11(2)9-13(8-10)15(20)19-17(23)18-14-5-3-12(4-6-14)16(21)22/h3-9H,1-2H3,(H,21,22)(H2,18,19,20,23). The molecule has 0 aromatic heterocycles. The van der Waals surface area contributed by atoms with Gasteiger partial charge in [-0.05, 0) is 62.5 Å². The average Bonchev–Trinajstić information content (AvgIpc) is 2.46. The minimum Gasteiger partial charge on any atom is -0.478 e. The molecule has 5 nitrogen and oxygen atoms in total. The van der Waals surface area contributed by atoms with E-state index in [1.165, 1.54) is 12.1 Å². The first-order valence-electron chi connectivity index (χ1n) is 6.89. The van der Waals surface area contributed by atoms with Crippen LogP contribution >= 0.6 is 12.2 Å². The lowest BCUT2D eigenvalue weighted by Crippen LogP contribution is -2.34. The van der Waals surface area contributed by atoms with Gasteiger partial charge in [-0.15, -0.1) is 0 Å². The quantitative estimate of drug-likeness (QED) is 0.755. The Hall–Kier alpha value is -2.73. The Bertz CT molecular complexity index is 750. The molecule has 1 amide bonds. The van der Waals surface area contributed by atoms with Crippen LogP contribution in [0.1, 0.15) is 31.8 Å². The zero-order valence-electron chi connectivity index (χ0n) is 12.7. The second-order valence-electron chi connectivity index (χ2n) is 5.17. The summed E-state index contributed by atoms with van der Waals surface area (Å²) in [6.07, 6.45) is 0. The van der Waals surface area contributed by atoms with Gasteiger partial charge in [-0.3, -0.25) is 10.1 Å². The molecule has 0 radical (unpaired) electrons. The number of thiocarbonyl (C=S) groups is 1. The smallest absolute Gasteiger partial charge is 0.335 e. The average molecular weight is 328 g/mol. The first-order chi connectivity index (χ1) is 10.8. The van der Waals surface area contributed by atoms with Crippen molar-refractivity contribution in [2.75, 3.05) is 5.32 Å². The van der Waals surface area contributed by atoms with E-state index in [1.807, 2.05) is 19.9 Å². The van der Waals surface area contributed by atoms with Crippen LogP contribution in [0.25, 0.3) is 0 Å². The van der Waals surface area contributed by atoms with Crippen molar-refractivity contribution in [3.8, 4) is 0 Å². The molecule has 0 aliphatic heterocycles. The Labute approximate surface area is 139 Å². The van der Waals surface area contributed by atoms with Crippen LogP contribution in [-0.2, 0) is 0 Å². The molecule has 23 heavy (non-hydrogen) atoms. The Kier molecular flexibility index (Phi) is 5.08. The fourth-order valence-corrected chi connectivity index (χ4v) is 2.35. The van der Waals surface area contributed by atoms with Crippen molar-refractivity contribution in [3.05, 3.63) is 64.7 Å². The van der Waals surface area contributed by atoms with Crippen LogP contribution in [0.15, 0.2) is 42.5 Å². The third-order valence-corrected chi connectivity index (χ3v) is 3.30. The summed E-state index contributed by atoms with van der Waals surface area (Å²) in [5.41, 5.74) is 3.31. The van der Waals surface area contributed by atoms with Crippen molar-refractivity contribution in [2.24, 2.45) is 0 Å². The maximum Gasteiger partial charge on any atom is 0.335 e. The summed E-state index contributed by atoms with van der Waals surface area (Å²) in [6.45, 7) is 3.84. The highest BCUT2D eigenvalue weighted by Gasteiger charge is 2.09. The molecular formula is C17H16N2O3S. The molecule has 2 aromatic carbocycles. The Morgan fingerprint density at radius 2 is 1.52 bits per heavy atom. The predicted octanol–water partition coefficient (Wildman–Crippen LogP) is 3.13. The van der Waals surface area contributed by atoms with Crippen LogP contribution in [0, 0.1) is 13.8 Å². The van der Waals surface area contributed by atoms with E-state index in [9.17, 15) is 9.59 Å². The fraction of sp³-hybridized carbons (Fsp3) is 0.118. The van der Waals surface area contributed by atoms with Gasteiger partial charge in [0.15, 0.2) is 5.11 Å². The number of amides is 1. The molecule has 0 unspecified atom stereocenters. The number of benzene rings is 2. The van der Waals surface area contributed by atoms with E-state index in [4.69, 9.17) is 17.3 Å². The number of carbonyl (C=O) groups excluding carboxylic acids is 1. The molecule has 0 aliphatic rings. The summed E-state index contributed by atoms with van der Waals surface area (Å²) in [7, 11) is 0. The van der Waals surface area contributed by atoms with E-state index >= 15 is 0 Å². The number of carboxylic acids is 1. The highest BCUT2D eigenvalue weighted by molar-refractivity contribution is 7.80. The Morgan fingerprint density at radius 1 is 0.957 bits per heavy atom. The highest BCUT2D eigenvalue weighted by atomic mass is 32.1. The number of hydrogen-bond acceptors (Lipinski definition) is 3. The molecule has 0 spiro atoms. The molecule has 3 N–H and O–H groups in total. The number of hydrogen-bond donors (Lipinski definition) is 3. The van der Waals surface area contributed by atoms with Gasteiger partial charge in [-0.1, -0.05) is 17.2 Å². The molecule has 2 rings (SSSR count). The minimum atomic E-state index is -0.998. The lowest BCUT2D eigenvalue weighted by molar-refractivity contribution is 0.0696. The van der Waals surface area contributed by atoms with Gasteiger partial charge in [0.05, 0.1) is 5.56 Å². The van der Waals surface area contributed by atoms with Crippen LogP contribution < -0.4 is 10.6 Å². The van der Waals surface area contributed by atoms with Crippen LogP contribution in [0.2, 0.25) is 0 Å². The van der Waals surface area contributed by atoms with Crippen molar-refractivity contribution in [1.82, 2.24) is 5.32 Å². The monoisotopic (exact) mass is 328 g/mol. The molecule has 0 atom stereocenters. The SMILES string of the molecule is Cc1cc(C)cc(C(=O)NC(=S)Nc2ccc(C(=O)O)cc2)c1. The van der Waals surface area contributed by atoms with E-state index in [0.717, 1.165) is 11.1 Å². The van der Waals surface area contributed by atoms with Crippen LogP contribution in [0.3, 0.4) is 0 Å². The van der Waals surface area contributed by atoms with Gasteiger partial charge in [-0.2, -0.15) is 0 Å². The number of carbonyl (C=O) groups is 2. The molecule has 6 heteroatoms. The van der Waals surface area contributed by atoms with Gasteiger partial charge in [-0.25, -0.2) is 4.79 Å². The lowest BCUT2D eigenvalue weighted by Gasteiger charge is -2.10. The third kappa shape index (κ3) is 4.62. The van der Waals surface area contributed by atoms with Gasteiger partial charge >= 0.3 is 5.97 Å². The van der Waals surface area contributed by atoms with Gasteiger partial charge in [0.25, 0.3) is 5.91 Å². The lowest BCUT2D eigenvalue weighted by atomic mass is 10.1. The molecule has 2 aromatic rings. The Balaban J connectivity index is 2.01. The molecular weight excluding hydrogens is 312 g/mol. The van der Waals surface area contributed by atoms with E-state index in [1.54, 1.807) is 24.3 Å². The number of nitrogens with one attached hydrogen (secondary N) is 2. The number of aryl methyl sites for hydroxylation is 2. The van der Waals surface area contributed by atoms with Crippen LogP contribution in [0.4, 0.5) is 5.69 Å². The van der Waals surface area contributed by atoms with Crippen molar-refractivity contribution in [2.45, 2.75) is 13.8 Å². The van der Waals surface area contributed by atoms with Crippen LogP contribution in [-0.4, -0.2) is 22.1 Å². The topological polar surface area (TPSA) is 78.4 Å². The molecule has 0 heterocycles. The minimum absolute atomic E-state index is 0.150. The van der Waals surface area contributed by atoms with Crippen LogP contribution in [0.5, 0.6) is 0 Å². The largest absolute Gasteiger partial charge is 0.478 e. The number of aromatic carboxylic acids is 1. The van der Waals surface area contributed by atoms with Crippen molar-refractivity contribution >= 4 is 34.9 Å². The zero-order chi connectivity index (χ0) is 17.0. The third-order valence-electron chi connectivity index (χ3n) is 3.10. The summed E-state index contributed by atoms with van der Waals surface area (Å²) in [5.74, 6) is -1.29. The molecule has 0 fully saturated rings. The number of rotatable bonds is 3. The Morgan fingerprint density at radius 3 is 2.04 bits per heavy atom. The second kappa shape index (κ2) is 7.02. The summed E-state index contributed by atoms with van der Waals surface area (Å²) in [4.78, 5) is 23.0. The van der Waals surface area contributed by atoms with Crippen molar-refractivity contribution < 1.29 is 14.7 Å². The molecule has 0 aliphatic carbocycles. The maximum absolute atomic E-state index is 12.2. The van der Waals surface area contributed by atoms with Gasteiger partial charge in [0.2, 0.25) is 0 Å². The second-order valence-corrected chi connectivity index (χ2v) is 5.58. The summed E-state index contributed by atoms with van der Waals surface area (Å²) < 4.78 is 0. The van der Waals surface area contributed by atoms with Gasteiger partial charge in [0, 0.05) is 11.3 Å². The van der Waals surface area contributed by atoms with Gasteiger partial charge < -0.3 is 10.4 Å². The normalized spacial score (nSPS) is 10.0. The summed E-state index contributed by atoms with van der Waals surface area (Å²) in [5, 5.41) is 14.4. The summed E-state index contributed by atoms with van der Waals surface area (Å²) in [6, 6.07) is 11.6. The van der Waals surface area contributed by atoms with E-state index < -0.39 is 5.97 Å². The number of carboxylic acid groups (broad SMARTS) is 1. The maximum atomic E-state index is 12.2. The summed E-state index contributed by atoms with van der Waals surface area (Å²) >= 11 is 5.10.